The number of aryl methyl sites for hydroxylation is 2. The van der Waals surface area contributed by atoms with Crippen LogP contribution in [0.3, 0.4) is 0 Å². The Morgan fingerprint density at radius 2 is 1.96 bits per heavy atom. The van der Waals surface area contributed by atoms with Gasteiger partial charge in [0, 0.05) is 37.8 Å². The van der Waals surface area contributed by atoms with Crippen molar-refractivity contribution >= 4 is 5.91 Å². The molecule has 2 heterocycles. The van der Waals surface area contributed by atoms with Crippen LogP contribution in [0.1, 0.15) is 41.4 Å². The molecule has 1 amide bonds. The number of nitrogens with zero attached hydrogens (tertiary/aromatic N) is 3. The van der Waals surface area contributed by atoms with Gasteiger partial charge in [-0.1, -0.05) is 29.8 Å². The lowest BCUT2D eigenvalue weighted by Crippen LogP contribution is -2.51. The second-order valence-electron chi connectivity index (χ2n) is 7.49. The molecule has 1 saturated heterocycles. The van der Waals surface area contributed by atoms with Crippen molar-refractivity contribution in [1.82, 2.24) is 20.0 Å². The summed E-state index contributed by atoms with van der Waals surface area (Å²) in [5.74, 6) is 0.253. The van der Waals surface area contributed by atoms with E-state index in [2.05, 4.69) is 55.0 Å². The van der Waals surface area contributed by atoms with E-state index in [1.54, 1.807) is 0 Å². The molecule has 5 heteroatoms. The molecular formula is C21H30N4O. The molecule has 1 fully saturated rings. The van der Waals surface area contributed by atoms with Gasteiger partial charge in [-0.05, 0) is 45.2 Å². The van der Waals surface area contributed by atoms with Gasteiger partial charge in [0.2, 0.25) is 5.91 Å². The first-order valence-corrected chi connectivity index (χ1v) is 9.53. The summed E-state index contributed by atoms with van der Waals surface area (Å²) in [5.41, 5.74) is 5.94. The Labute approximate surface area is 156 Å². The Morgan fingerprint density at radius 1 is 1.23 bits per heavy atom. The van der Waals surface area contributed by atoms with Crippen molar-refractivity contribution in [1.29, 1.82) is 0 Å². The van der Waals surface area contributed by atoms with E-state index in [4.69, 9.17) is 5.10 Å². The van der Waals surface area contributed by atoms with Crippen molar-refractivity contribution in [3.8, 4) is 0 Å². The van der Waals surface area contributed by atoms with Crippen molar-refractivity contribution in [2.45, 2.75) is 53.1 Å². The monoisotopic (exact) mass is 354 g/mol. The molecule has 1 atom stereocenters. The molecule has 1 aromatic heterocycles. The number of nitrogens with one attached hydrogen (secondary N) is 1. The highest BCUT2D eigenvalue weighted by Crippen LogP contribution is 2.18. The van der Waals surface area contributed by atoms with E-state index in [1.807, 2.05) is 11.8 Å². The average Bonchev–Trinajstić information content (AvgIpc) is 2.88. The molecule has 1 aliphatic rings. The van der Waals surface area contributed by atoms with E-state index >= 15 is 0 Å². The zero-order valence-electron chi connectivity index (χ0n) is 16.4. The van der Waals surface area contributed by atoms with Gasteiger partial charge in [-0.2, -0.15) is 5.10 Å². The molecule has 0 radical (unpaired) electrons. The van der Waals surface area contributed by atoms with Gasteiger partial charge < -0.3 is 10.2 Å². The summed E-state index contributed by atoms with van der Waals surface area (Å²) in [5, 5.41) is 8.09. The number of carbonyl (C=O) groups excluding carboxylic acids is 1. The minimum Gasteiger partial charge on any atom is -0.340 e. The van der Waals surface area contributed by atoms with Crippen LogP contribution < -0.4 is 5.32 Å². The number of aromatic nitrogens is 2. The van der Waals surface area contributed by atoms with E-state index in [0.717, 1.165) is 38.3 Å². The van der Waals surface area contributed by atoms with E-state index in [1.165, 1.54) is 22.4 Å². The Morgan fingerprint density at radius 3 is 2.65 bits per heavy atom. The minimum absolute atomic E-state index is 0.253. The summed E-state index contributed by atoms with van der Waals surface area (Å²) in [4.78, 5) is 14.5. The highest BCUT2D eigenvalue weighted by atomic mass is 16.2. The lowest BCUT2D eigenvalue weighted by molar-refractivity contribution is -0.132. The molecular weight excluding hydrogens is 324 g/mol. The lowest BCUT2D eigenvalue weighted by atomic mass is 10.1. The second-order valence-corrected chi connectivity index (χ2v) is 7.49. The zero-order valence-corrected chi connectivity index (χ0v) is 16.4. The molecule has 5 nitrogen and oxygen atoms in total. The quantitative estimate of drug-likeness (QED) is 0.898. The number of hydrogen-bond acceptors (Lipinski definition) is 3. The number of benzene rings is 1. The summed E-state index contributed by atoms with van der Waals surface area (Å²) in [7, 11) is 0. The molecule has 3 rings (SSSR count). The van der Waals surface area contributed by atoms with Crippen LogP contribution in [0.4, 0.5) is 0 Å². The Hall–Kier alpha value is -2.14. The third-order valence-corrected chi connectivity index (χ3v) is 5.29. The van der Waals surface area contributed by atoms with E-state index in [9.17, 15) is 4.79 Å². The Bertz CT molecular complexity index is 763. The zero-order chi connectivity index (χ0) is 18.7. The van der Waals surface area contributed by atoms with Crippen molar-refractivity contribution in [2.24, 2.45) is 0 Å². The van der Waals surface area contributed by atoms with E-state index in [0.29, 0.717) is 12.5 Å². The highest BCUT2D eigenvalue weighted by molar-refractivity contribution is 5.76. The SMILES string of the molecule is Cc1ccc(Cn2nc(C)c(CCC(=O)N3CCNC(C)C3)c2C)cc1. The lowest BCUT2D eigenvalue weighted by Gasteiger charge is -2.32. The fraction of sp³-hybridized carbons (Fsp3) is 0.524. The number of carbonyl (C=O) groups is 1. The van der Waals surface area contributed by atoms with E-state index < -0.39 is 0 Å². The molecule has 1 N–H and O–H groups in total. The van der Waals surface area contributed by atoms with Crippen LogP contribution in [0.5, 0.6) is 0 Å². The fourth-order valence-corrected chi connectivity index (χ4v) is 3.67. The number of piperazine rings is 1. The predicted molar refractivity (Wildman–Crippen MR) is 104 cm³/mol. The minimum atomic E-state index is 0.253. The second kappa shape index (κ2) is 8.04. The van der Waals surface area contributed by atoms with Crippen LogP contribution in [0.15, 0.2) is 24.3 Å². The van der Waals surface area contributed by atoms with Crippen LogP contribution in [-0.2, 0) is 17.8 Å². The first kappa shape index (κ1) is 18.6. The number of rotatable bonds is 5. The number of amides is 1. The molecule has 1 unspecified atom stereocenters. The normalized spacial score (nSPS) is 17.5. The third kappa shape index (κ3) is 4.33. The molecule has 26 heavy (non-hydrogen) atoms. The molecule has 0 saturated carbocycles. The smallest absolute Gasteiger partial charge is 0.223 e. The van der Waals surface area contributed by atoms with Crippen molar-refractivity contribution in [2.75, 3.05) is 19.6 Å². The topological polar surface area (TPSA) is 50.2 Å². The Balaban J connectivity index is 1.64. The molecule has 140 valence electrons. The van der Waals surface area contributed by atoms with Gasteiger partial charge in [-0.25, -0.2) is 0 Å². The third-order valence-electron chi connectivity index (χ3n) is 5.29. The molecule has 0 bridgehead atoms. The average molecular weight is 354 g/mol. The molecule has 0 spiro atoms. The van der Waals surface area contributed by atoms with Crippen LogP contribution >= 0.6 is 0 Å². The van der Waals surface area contributed by atoms with E-state index in [-0.39, 0.29) is 5.91 Å². The summed E-state index contributed by atoms with van der Waals surface area (Å²) >= 11 is 0. The summed E-state index contributed by atoms with van der Waals surface area (Å²) < 4.78 is 2.06. The fourth-order valence-electron chi connectivity index (χ4n) is 3.67. The van der Waals surface area contributed by atoms with Crippen LogP contribution in [0.2, 0.25) is 0 Å². The molecule has 1 aliphatic heterocycles. The van der Waals surface area contributed by atoms with Crippen molar-refractivity contribution < 1.29 is 4.79 Å². The summed E-state index contributed by atoms with van der Waals surface area (Å²) in [6, 6.07) is 8.96. The largest absolute Gasteiger partial charge is 0.340 e. The summed E-state index contributed by atoms with van der Waals surface area (Å²) in [6.45, 7) is 11.7. The van der Waals surface area contributed by atoms with Gasteiger partial charge in [-0.15, -0.1) is 0 Å². The van der Waals surface area contributed by atoms with Crippen LogP contribution in [0.25, 0.3) is 0 Å². The summed E-state index contributed by atoms with van der Waals surface area (Å²) in [6.07, 6.45) is 1.33. The Kier molecular flexibility index (Phi) is 5.77. The van der Waals surface area contributed by atoms with Gasteiger partial charge in [-0.3, -0.25) is 9.48 Å². The van der Waals surface area contributed by atoms with Crippen LogP contribution in [0, 0.1) is 20.8 Å². The first-order chi connectivity index (χ1) is 12.4. The van der Waals surface area contributed by atoms with Gasteiger partial charge in [0.25, 0.3) is 0 Å². The predicted octanol–water partition coefficient (Wildman–Crippen LogP) is 2.61. The number of hydrogen-bond donors (Lipinski definition) is 1. The van der Waals surface area contributed by atoms with Crippen molar-refractivity contribution in [3.63, 3.8) is 0 Å². The maximum Gasteiger partial charge on any atom is 0.223 e. The maximum atomic E-state index is 12.5. The molecule has 2 aromatic rings. The van der Waals surface area contributed by atoms with Crippen LogP contribution in [-0.4, -0.2) is 46.3 Å². The van der Waals surface area contributed by atoms with Gasteiger partial charge in [0.05, 0.1) is 12.2 Å². The molecule has 0 aliphatic carbocycles. The molecule has 1 aromatic carbocycles. The van der Waals surface area contributed by atoms with Gasteiger partial charge >= 0.3 is 0 Å². The van der Waals surface area contributed by atoms with Crippen molar-refractivity contribution in [3.05, 3.63) is 52.3 Å². The van der Waals surface area contributed by atoms with Gasteiger partial charge in [0.1, 0.15) is 0 Å². The maximum absolute atomic E-state index is 12.5. The highest BCUT2D eigenvalue weighted by Gasteiger charge is 2.21. The first-order valence-electron chi connectivity index (χ1n) is 9.53. The van der Waals surface area contributed by atoms with Gasteiger partial charge in [0.15, 0.2) is 0 Å². The standard InChI is InChI=1S/C21H30N4O/c1-15-5-7-19(8-6-15)14-25-18(4)20(17(3)23-25)9-10-21(26)24-12-11-22-16(2)13-24/h5-8,16,22H,9-14H2,1-4H3.